The van der Waals surface area contributed by atoms with Gasteiger partial charge in [-0.2, -0.15) is 0 Å². The predicted molar refractivity (Wildman–Crippen MR) is 61.7 cm³/mol. The molecule has 5 heteroatoms. The molecule has 1 aromatic carbocycles. The van der Waals surface area contributed by atoms with E-state index in [1.165, 1.54) is 5.56 Å². The molecule has 1 aromatic heterocycles. The molecule has 0 bridgehead atoms. The highest BCUT2D eigenvalue weighted by Gasteiger charge is 2.07. The predicted octanol–water partition coefficient (Wildman–Crippen LogP) is 0.939. The lowest BCUT2D eigenvalue weighted by atomic mass is 10.00. The maximum absolute atomic E-state index is 5.62. The van der Waals surface area contributed by atoms with Gasteiger partial charge >= 0.3 is 0 Å². The maximum Gasteiger partial charge on any atom is 0.181 e. The lowest BCUT2D eigenvalue weighted by Crippen LogP contribution is -2.08. The number of benzene rings is 1. The summed E-state index contributed by atoms with van der Waals surface area (Å²) in [4.78, 5) is 0. The largest absolute Gasteiger partial charge is 0.330 e. The van der Waals surface area contributed by atoms with Crippen LogP contribution < -0.4 is 5.73 Å². The topological polar surface area (TPSA) is 69.6 Å². The summed E-state index contributed by atoms with van der Waals surface area (Å²) in [5.41, 5.74) is 7.88. The van der Waals surface area contributed by atoms with Crippen molar-refractivity contribution in [2.75, 3.05) is 6.54 Å². The van der Waals surface area contributed by atoms with Crippen LogP contribution in [0.5, 0.6) is 0 Å². The molecule has 2 aromatic rings. The molecule has 0 spiro atoms. The summed E-state index contributed by atoms with van der Waals surface area (Å²) in [6.45, 7) is 2.77. The van der Waals surface area contributed by atoms with Crippen molar-refractivity contribution in [3.8, 4) is 11.4 Å². The quantitative estimate of drug-likeness (QED) is 0.830. The molecule has 0 aliphatic heterocycles. The Labute approximate surface area is 94.3 Å². The smallest absolute Gasteiger partial charge is 0.181 e. The molecule has 1 heterocycles. The number of nitrogens with two attached hydrogens (primary N) is 1. The Kier molecular flexibility index (Phi) is 2.96. The van der Waals surface area contributed by atoms with Crippen LogP contribution in [0.2, 0.25) is 0 Å². The van der Waals surface area contributed by atoms with Crippen LogP contribution in [0.3, 0.4) is 0 Å². The molecule has 1 unspecified atom stereocenters. The van der Waals surface area contributed by atoms with Crippen molar-refractivity contribution in [3.05, 3.63) is 29.8 Å². The summed E-state index contributed by atoms with van der Waals surface area (Å²) in [6, 6.07) is 8.18. The average Bonchev–Trinajstić information content (AvgIpc) is 2.75. The van der Waals surface area contributed by atoms with Crippen molar-refractivity contribution in [3.63, 3.8) is 0 Å². The fourth-order valence-corrected chi connectivity index (χ4v) is 1.57. The highest BCUT2D eigenvalue weighted by atomic mass is 15.5. The Balaban J connectivity index is 2.30. The molecule has 0 fully saturated rings. The van der Waals surface area contributed by atoms with Crippen molar-refractivity contribution >= 4 is 0 Å². The van der Waals surface area contributed by atoms with Crippen LogP contribution in [-0.2, 0) is 7.05 Å². The second-order valence-corrected chi connectivity index (χ2v) is 3.88. The fourth-order valence-electron chi connectivity index (χ4n) is 1.57. The molecule has 0 radical (unpaired) electrons. The third-order valence-corrected chi connectivity index (χ3v) is 2.71. The van der Waals surface area contributed by atoms with Crippen LogP contribution in [0, 0.1) is 0 Å². The minimum absolute atomic E-state index is 0.381. The minimum Gasteiger partial charge on any atom is -0.330 e. The summed E-state index contributed by atoms with van der Waals surface area (Å²) in [5, 5.41) is 11.4. The zero-order valence-electron chi connectivity index (χ0n) is 9.46. The van der Waals surface area contributed by atoms with Gasteiger partial charge in [-0.05, 0) is 28.5 Å². The second kappa shape index (κ2) is 4.40. The van der Waals surface area contributed by atoms with E-state index in [1.54, 1.807) is 4.68 Å². The summed E-state index contributed by atoms with van der Waals surface area (Å²) < 4.78 is 1.65. The fraction of sp³-hybridized carbons (Fsp3) is 0.364. The number of hydrogen-bond donors (Lipinski definition) is 1. The van der Waals surface area contributed by atoms with Crippen LogP contribution in [0.15, 0.2) is 24.3 Å². The molecule has 0 amide bonds. The van der Waals surface area contributed by atoms with Crippen molar-refractivity contribution in [1.82, 2.24) is 20.2 Å². The first-order chi connectivity index (χ1) is 7.72. The van der Waals surface area contributed by atoms with Crippen molar-refractivity contribution in [2.45, 2.75) is 12.8 Å². The summed E-state index contributed by atoms with van der Waals surface area (Å²) >= 11 is 0. The van der Waals surface area contributed by atoms with Gasteiger partial charge in [0.2, 0.25) is 0 Å². The standard InChI is InChI=1S/C11H15N5/c1-8(7-12)9-3-5-10(6-4-9)11-13-14-15-16(11)2/h3-6,8H,7,12H2,1-2H3. The van der Waals surface area contributed by atoms with E-state index < -0.39 is 0 Å². The number of nitrogens with zero attached hydrogens (tertiary/aromatic N) is 4. The highest BCUT2D eigenvalue weighted by molar-refractivity contribution is 5.55. The Bertz CT molecular complexity index is 459. The second-order valence-electron chi connectivity index (χ2n) is 3.88. The molecule has 0 saturated heterocycles. The maximum atomic E-state index is 5.62. The summed E-state index contributed by atoms with van der Waals surface area (Å²) in [7, 11) is 1.83. The molecular formula is C11H15N5. The van der Waals surface area contributed by atoms with Crippen molar-refractivity contribution in [2.24, 2.45) is 12.8 Å². The molecule has 0 aliphatic carbocycles. The van der Waals surface area contributed by atoms with E-state index in [-0.39, 0.29) is 0 Å². The van der Waals surface area contributed by atoms with Crippen LogP contribution >= 0.6 is 0 Å². The van der Waals surface area contributed by atoms with Gasteiger partial charge in [-0.15, -0.1) is 5.10 Å². The monoisotopic (exact) mass is 217 g/mol. The van der Waals surface area contributed by atoms with E-state index in [0.29, 0.717) is 12.5 Å². The first kappa shape index (κ1) is 10.8. The molecule has 1 atom stereocenters. The van der Waals surface area contributed by atoms with Crippen LogP contribution in [0.1, 0.15) is 18.4 Å². The Hall–Kier alpha value is -1.75. The van der Waals surface area contributed by atoms with Crippen LogP contribution in [0.25, 0.3) is 11.4 Å². The Morgan fingerprint density at radius 2 is 2.00 bits per heavy atom. The van der Waals surface area contributed by atoms with Gasteiger partial charge in [0.15, 0.2) is 5.82 Å². The first-order valence-electron chi connectivity index (χ1n) is 5.25. The highest BCUT2D eigenvalue weighted by Crippen LogP contribution is 2.19. The molecule has 2 rings (SSSR count). The van der Waals surface area contributed by atoms with Gasteiger partial charge in [0.1, 0.15) is 0 Å². The van der Waals surface area contributed by atoms with Gasteiger partial charge in [-0.25, -0.2) is 4.68 Å². The van der Waals surface area contributed by atoms with E-state index in [1.807, 2.05) is 19.2 Å². The number of rotatable bonds is 3. The average molecular weight is 217 g/mol. The molecule has 16 heavy (non-hydrogen) atoms. The van der Waals surface area contributed by atoms with E-state index in [0.717, 1.165) is 11.4 Å². The van der Waals surface area contributed by atoms with Gasteiger partial charge in [-0.1, -0.05) is 31.2 Å². The Morgan fingerprint density at radius 1 is 1.31 bits per heavy atom. The molecule has 0 saturated carbocycles. The van der Waals surface area contributed by atoms with Crippen molar-refractivity contribution in [1.29, 1.82) is 0 Å². The third kappa shape index (κ3) is 1.94. The lowest BCUT2D eigenvalue weighted by Gasteiger charge is -2.08. The summed E-state index contributed by atoms with van der Waals surface area (Å²) in [5.74, 6) is 1.15. The van der Waals surface area contributed by atoms with E-state index in [2.05, 4.69) is 34.6 Å². The number of aryl methyl sites for hydroxylation is 1. The van der Waals surface area contributed by atoms with Crippen LogP contribution in [0.4, 0.5) is 0 Å². The molecule has 5 nitrogen and oxygen atoms in total. The van der Waals surface area contributed by atoms with E-state index in [9.17, 15) is 0 Å². The minimum atomic E-state index is 0.381. The molecule has 0 aliphatic rings. The Morgan fingerprint density at radius 3 is 2.50 bits per heavy atom. The van der Waals surface area contributed by atoms with Gasteiger partial charge in [0.05, 0.1) is 0 Å². The molecule has 2 N–H and O–H groups in total. The molecule has 84 valence electrons. The van der Waals surface area contributed by atoms with Crippen molar-refractivity contribution < 1.29 is 0 Å². The van der Waals surface area contributed by atoms with E-state index in [4.69, 9.17) is 5.73 Å². The third-order valence-electron chi connectivity index (χ3n) is 2.71. The number of hydrogen-bond acceptors (Lipinski definition) is 4. The van der Waals surface area contributed by atoms with Crippen LogP contribution in [-0.4, -0.2) is 26.8 Å². The summed E-state index contributed by atoms with van der Waals surface area (Å²) in [6.07, 6.45) is 0. The zero-order chi connectivity index (χ0) is 11.5. The lowest BCUT2D eigenvalue weighted by molar-refractivity contribution is 0.714. The SMILES string of the molecule is CC(CN)c1ccc(-c2nnnn2C)cc1. The first-order valence-corrected chi connectivity index (χ1v) is 5.25. The van der Waals surface area contributed by atoms with Gasteiger partial charge < -0.3 is 5.73 Å². The van der Waals surface area contributed by atoms with Gasteiger partial charge in [0.25, 0.3) is 0 Å². The van der Waals surface area contributed by atoms with Gasteiger partial charge in [-0.3, -0.25) is 0 Å². The number of aromatic nitrogens is 4. The zero-order valence-corrected chi connectivity index (χ0v) is 9.46. The normalized spacial score (nSPS) is 12.7. The number of tetrazole rings is 1. The molecular weight excluding hydrogens is 202 g/mol. The van der Waals surface area contributed by atoms with Gasteiger partial charge in [0, 0.05) is 12.6 Å². The van der Waals surface area contributed by atoms with E-state index >= 15 is 0 Å².